The van der Waals surface area contributed by atoms with E-state index in [9.17, 15) is 0 Å². The van der Waals surface area contributed by atoms with Gasteiger partial charge in [0, 0.05) is 22.6 Å². The summed E-state index contributed by atoms with van der Waals surface area (Å²) in [6.45, 7) is 0. The molecule has 154 valence electrons. The summed E-state index contributed by atoms with van der Waals surface area (Å²) in [4.78, 5) is 4.70. The summed E-state index contributed by atoms with van der Waals surface area (Å²) in [5.74, 6) is 2.02. The van der Waals surface area contributed by atoms with Gasteiger partial charge in [0.2, 0.25) is 11.0 Å². The molecule has 0 saturated heterocycles. The number of para-hydroxylation sites is 1. The summed E-state index contributed by atoms with van der Waals surface area (Å²) in [6.07, 6.45) is -0.419. The van der Waals surface area contributed by atoms with E-state index < -0.39 is 6.23 Å². The Kier molecular flexibility index (Phi) is 5.41. The van der Waals surface area contributed by atoms with Crippen LogP contribution in [0.4, 0.5) is 5.69 Å². The zero-order valence-electron chi connectivity index (χ0n) is 16.9. The fourth-order valence-corrected chi connectivity index (χ4v) is 4.09. The van der Waals surface area contributed by atoms with E-state index >= 15 is 0 Å². The van der Waals surface area contributed by atoms with Crippen LogP contribution in [0.3, 0.4) is 0 Å². The van der Waals surface area contributed by atoms with Crippen LogP contribution in [0.25, 0.3) is 11.3 Å². The number of hydrogen-bond donors (Lipinski definition) is 1. The molecule has 0 saturated carbocycles. The van der Waals surface area contributed by atoms with Crippen molar-refractivity contribution in [2.24, 2.45) is 0 Å². The Morgan fingerprint density at radius 2 is 1.71 bits per heavy atom. The lowest BCUT2D eigenvalue weighted by atomic mass is 10.1. The molecule has 0 fully saturated rings. The number of nitrogens with one attached hydrogen (secondary N) is 1. The second-order valence-corrected chi connectivity index (χ2v) is 7.93. The molecule has 0 bridgehead atoms. The smallest absolute Gasteiger partial charge is 0.247 e. The third kappa shape index (κ3) is 4.18. The van der Waals surface area contributed by atoms with E-state index in [4.69, 9.17) is 14.5 Å². The van der Waals surface area contributed by atoms with Gasteiger partial charge in [0.25, 0.3) is 0 Å². The first-order valence-corrected chi connectivity index (χ1v) is 10.9. The Labute approximate surface area is 184 Å². The fourth-order valence-electron chi connectivity index (χ4n) is 3.36. The molecular weight excluding hydrogens is 408 g/mol. The summed E-state index contributed by atoms with van der Waals surface area (Å²) in [6, 6.07) is 26.0. The van der Waals surface area contributed by atoms with Crippen LogP contribution in [-0.4, -0.2) is 22.3 Å². The molecule has 7 heteroatoms. The van der Waals surface area contributed by atoms with Crippen LogP contribution in [-0.2, 0) is 5.75 Å². The van der Waals surface area contributed by atoms with E-state index in [0.29, 0.717) is 16.7 Å². The molecule has 1 aliphatic heterocycles. The monoisotopic (exact) mass is 428 g/mol. The molecule has 1 aliphatic rings. The van der Waals surface area contributed by atoms with Gasteiger partial charge in [-0.15, -0.1) is 10.2 Å². The molecule has 31 heavy (non-hydrogen) atoms. The number of benzene rings is 3. The van der Waals surface area contributed by atoms with E-state index in [0.717, 1.165) is 28.3 Å². The average molecular weight is 429 g/mol. The van der Waals surface area contributed by atoms with Crippen LogP contribution in [0, 0.1) is 0 Å². The lowest BCUT2D eigenvalue weighted by Crippen LogP contribution is -2.17. The highest BCUT2D eigenvalue weighted by Crippen LogP contribution is 2.39. The van der Waals surface area contributed by atoms with Gasteiger partial charge in [0.05, 0.1) is 7.11 Å². The Hall–Kier alpha value is -3.58. The minimum Gasteiger partial charge on any atom is -0.497 e. The van der Waals surface area contributed by atoms with Gasteiger partial charge in [-0.2, -0.15) is 4.98 Å². The van der Waals surface area contributed by atoms with Crippen LogP contribution in [0.1, 0.15) is 17.4 Å². The van der Waals surface area contributed by atoms with Crippen molar-refractivity contribution in [1.29, 1.82) is 0 Å². The summed E-state index contributed by atoms with van der Waals surface area (Å²) in [7, 11) is 1.65. The molecule has 0 amide bonds. The van der Waals surface area contributed by atoms with Crippen LogP contribution in [0.5, 0.6) is 11.6 Å². The first-order chi connectivity index (χ1) is 15.3. The number of methoxy groups -OCH3 is 1. The highest BCUT2D eigenvalue weighted by molar-refractivity contribution is 7.98. The van der Waals surface area contributed by atoms with Gasteiger partial charge >= 0.3 is 0 Å². The quantitative estimate of drug-likeness (QED) is 0.430. The maximum Gasteiger partial charge on any atom is 0.247 e. The molecule has 4 aromatic rings. The zero-order chi connectivity index (χ0) is 21.0. The molecule has 1 atom stereocenters. The molecule has 1 aromatic heterocycles. The second-order valence-electron chi connectivity index (χ2n) is 6.98. The molecule has 6 nitrogen and oxygen atoms in total. The number of aromatic nitrogens is 3. The first-order valence-electron chi connectivity index (χ1n) is 9.88. The SMILES string of the molecule is COc1ccc([C@@H]2Nc3ccccc3-c3nnc(SCc4ccccc4)nc3O2)cc1. The maximum atomic E-state index is 6.31. The molecule has 3 aromatic carbocycles. The van der Waals surface area contributed by atoms with Crippen molar-refractivity contribution >= 4 is 17.4 Å². The van der Waals surface area contributed by atoms with Gasteiger partial charge in [-0.25, -0.2) is 0 Å². The Morgan fingerprint density at radius 1 is 0.935 bits per heavy atom. The largest absolute Gasteiger partial charge is 0.497 e. The third-order valence-corrected chi connectivity index (χ3v) is 5.87. The zero-order valence-corrected chi connectivity index (χ0v) is 17.7. The lowest BCUT2D eigenvalue weighted by molar-refractivity contribution is 0.225. The maximum absolute atomic E-state index is 6.31. The number of ether oxygens (including phenoxy) is 2. The number of nitrogens with zero attached hydrogens (tertiary/aromatic N) is 3. The molecule has 1 N–H and O–H groups in total. The normalized spacial score (nSPS) is 14.4. The minimum absolute atomic E-state index is 0.419. The number of fused-ring (bicyclic) bond motifs is 3. The Bertz CT molecular complexity index is 1190. The van der Waals surface area contributed by atoms with E-state index in [1.807, 2.05) is 66.7 Å². The second kappa shape index (κ2) is 8.65. The highest BCUT2D eigenvalue weighted by atomic mass is 32.2. The van der Waals surface area contributed by atoms with Crippen LogP contribution in [0.15, 0.2) is 84.0 Å². The van der Waals surface area contributed by atoms with Crippen molar-refractivity contribution in [3.8, 4) is 22.9 Å². The van der Waals surface area contributed by atoms with Crippen LogP contribution >= 0.6 is 11.8 Å². The first kappa shape index (κ1) is 19.4. The van der Waals surface area contributed by atoms with E-state index in [1.165, 1.54) is 17.3 Å². The highest BCUT2D eigenvalue weighted by Gasteiger charge is 2.26. The van der Waals surface area contributed by atoms with Crippen molar-refractivity contribution in [3.63, 3.8) is 0 Å². The molecule has 2 heterocycles. The Morgan fingerprint density at radius 3 is 2.52 bits per heavy atom. The lowest BCUT2D eigenvalue weighted by Gasteiger charge is -2.19. The van der Waals surface area contributed by atoms with E-state index in [-0.39, 0.29) is 0 Å². The molecule has 5 rings (SSSR count). The average Bonchev–Trinajstić information content (AvgIpc) is 3.00. The van der Waals surface area contributed by atoms with Crippen molar-refractivity contribution in [2.45, 2.75) is 17.1 Å². The predicted octanol–water partition coefficient (Wildman–Crippen LogP) is 5.34. The van der Waals surface area contributed by atoms with Crippen molar-refractivity contribution in [1.82, 2.24) is 15.2 Å². The van der Waals surface area contributed by atoms with Crippen molar-refractivity contribution in [3.05, 3.63) is 90.0 Å². The van der Waals surface area contributed by atoms with Crippen molar-refractivity contribution in [2.75, 3.05) is 12.4 Å². The third-order valence-electron chi connectivity index (χ3n) is 4.96. The summed E-state index contributed by atoms with van der Waals surface area (Å²) >= 11 is 1.53. The Balaban J connectivity index is 1.48. The number of thioether (sulfide) groups is 1. The standard InChI is InChI=1S/C24H20N4O2S/c1-29-18-13-11-17(12-14-18)22-25-20-10-6-5-9-19(20)21-23(30-22)26-24(28-27-21)31-15-16-7-3-2-4-8-16/h2-14,22,25H,15H2,1H3/t22-/m1/s1. The van der Waals surface area contributed by atoms with Gasteiger partial charge in [0.15, 0.2) is 11.9 Å². The molecular formula is C24H20N4O2S. The van der Waals surface area contributed by atoms with Crippen molar-refractivity contribution < 1.29 is 9.47 Å². The summed E-state index contributed by atoms with van der Waals surface area (Å²) in [5.41, 5.74) is 4.62. The van der Waals surface area contributed by atoms with Gasteiger partial charge in [-0.05, 0) is 35.9 Å². The van der Waals surface area contributed by atoms with Gasteiger partial charge < -0.3 is 14.8 Å². The van der Waals surface area contributed by atoms with Crippen LogP contribution in [0.2, 0.25) is 0 Å². The number of anilines is 1. The van der Waals surface area contributed by atoms with Crippen LogP contribution < -0.4 is 14.8 Å². The summed E-state index contributed by atoms with van der Waals surface area (Å²) < 4.78 is 11.6. The number of rotatable bonds is 5. The van der Waals surface area contributed by atoms with E-state index in [2.05, 4.69) is 27.6 Å². The van der Waals surface area contributed by atoms with Gasteiger partial charge in [-0.1, -0.05) is 60.3 Å². The molecule has 0 radical (unpaired) electrons. The number of hydrogen-bond acceptors (Lipinski definition) is 7. The van der Waals surface area contributed by atoms with E-state index in [1.54, 1.807) is 7.11 Å². The fraction of sp³-hybridized carbons (Fsp3) is 0.125. The molecule has 0 unspecified atom stereocenters. The summed E-state index contributed by atoms with van der Waals surface area (Å²) in [5, 5.41) is 12.9. The predicted molar refractivity (Wildman–Crippen MR) is 121 cm³/mol. The minimum atomic E-state index is -0.419. The van der Waals surface area contributed by atoms with Gasteiger partial charge in [0.1, 0.15) is 5.75 Å². The topological polar surface area (TPSA) is 69.2 Å². The van der Waals surface area contributed by atoms with Gasteiger partial charge in [-0.3, -0.25) is 0 Å². The molecule has 0 spiro atoms. The molecule has 0 aliphatic carbocycles.